The third-order valence-corrected chi connectivity index (χ3v) is 3.63. The summed E-state index contributed by atoms with van der Waals surface area (Å²) in [6.45, 7) is 5.07. The summed E-state index contributed by atoms with van der Waals surface area (Å²) in [5.74, 6) is -1.88. The highest BCUT2D eigenvalue weighted by Crippen LogP contribution is 2.21. The molecule has 1 amide bonds. The van der Waals surface area contributed by atoms with E-state index in [9.17, 15) is 14.0 Å². The van der Waals surface area contributed by atoms with Gasteiger partial charge in [0.05, 0.1) is 11.3 Å². The van der Waals surface area contributed by atoms with Crippen molar-refractivity contribution in [1.82, 2.24) is 4.90 Å². The van der Waals surface area contributed by atoms with Crippen molar-refractivity contribution in [3.8, 4) is 0 Å². The molecule has 0 bridgehead atoms. The molecular formula is C13H16FNO3S. The number of carboxylic acid groups (broad SMARTS) is 1. The molecule has 0 unspecified atom stereocenters. The molecule has 0 fully saturated rings. The number of benzene rings is 1. The van der Waals surface area contributed by atoms with E-state index in [4.69, 9.17) is 5.11 Å². The maximum atomic E-state index is 13.2. The van der Waals surface area contributed by atoms with Crippen molar-refractivity contribution in [2.75, 3.05) is 18.8 Å². The zero-order valence-electron chi connectivity index (χ0n) is 10.9. The van der Waals surface area contributed by atoms with Gasteiger partial charge in [-0.2, -0.15) is 0 Å². The monoisotopic (exact) mass is 285 g/mol. The minimum atomic E-state index is -1.31. The Hall–Kier alpha value is -1.56. The molecule has 0 atom stereocenters. The number of carbonyl (C=O) groups excluding carboxylic acids is 1. The van der Waals surface area contributed by atoms with Crippen LogP contribution in [0.2, 0.25) is 0 Å². The second kappa shape index (κ2) is 7.13. The Balaban J connectivity index is 2.71. The van der Waals surface area contributed by atoms with Crippen LogP contribution in [-0.4, -0.2) is 40.7 Å². The smallest absolute Gasteiger partial charge is 0.338 e. The Morgan fingerprint density at radius 2 is 1.95 bits per heavy atom. The molecule has 104 valence electrons. The molecule has 1 rings (SSSR count). The molecule has 19 heavy (non-hydrogen) atoms. The van der Waals surface area contributed by atoms with Crippen molar-refractivity contribution in [2.24, 2.45) is 0 Å². The third kappa shape index (κ3) is 4.24. The molecule has 1 aromatic carbocycles. The highest BCUT2D eigenvalue weighted by molar-refractivity contribution is 8.00. The summed E-state index contributed by atoms with van der Waals surface area (Å²) in [7, 11) is 0. The van der Waals surface area contributed by atoms with Gasteiger partial charge < -0.3 is 10.0 Å². The molecule has 0 aliphatic heterocycles. The molecule has 0 aromatic heterocycles. The lowest BCUT2D eigenvalue weighted by molar-refractivity contribution is -0.127. The summed E-state index contributed by atoms with van der Waals surface area (Å²) in [4.78, 5) is 24.8. The molecule has 0 saturated carbocycles. The van der Waals surface area contributed by atoms with E-state index < -0.39 is 11.8 Å². The minimum absolute atomic E-state index is 0.0174. The van der Waals surface area contributed by atoms with Crippen LogP contribution in [0.3, 0.4) is 0 Å². The van der Waals surface area contributed by atoms with E-state index in [1.807, 2.05) is 13.8 Å². The Bertz CT molecular complexity index is 475. The number of nitrogens with zero attached hydrogens (tertiary/aromatic N) is 1. The summed E-state index contributed by atoms with van der Waals surface area (Å²) in [5.41, 5.74) is -0.375. The Morgan fingerprint density at radius 3 is 2.47 bits per heavy atom. The van der Waals surface area contributed by atoms with Crippen LogP contribution in [0.1, 0.15) is 24.2 Å². The zero-order chi connectivity index (χ0) is 14.4. The van der Waals surface area contributed by atoms with Gasteiger partial charge in [0.1, 0.15) is 5.82 Å². The van der Waals surface area contributed by atoms with E-state index >= 15 is 0 Å². The first-order valence-electron chi connectivity index (χ1n) is 5.93. The second-order valence-corrected chi connectivity index (χ2v) is 4.85. The summed E-state index contributed by atoms with van der Waals surface area (Å²) in [5, 5.41) is 8.81. The SMILES string of the molecule is CCN(CC)C(=O)CSc1ccc(F)c(C(=O)O)c1. The predicted molar refractivity (Wildman–Crippen MR) is 72.0 cm³/mol. The van der Waals surface area contributed by atoms with Crippen molar-refractivity contribution >= 4 is 23.6 Å². The molecule has 1 aromatic rings. The number of rotatable bonds is 6. The number of halogens is 1. The standard InChI is InChI=1S/C13H16FNO3S/c1-3-15(4-2)12(16)8-19-9-5-6-11(14)10(7-9)13(17)18/h5-7H,3-4,8H2,1-2H3,(H,17,18). The van der Waals surface area contributed by atoms with E-state index in [0.717, 1.165) is 6.07 Å². The van der Waals surface area contributed by atoms with Gasteiger partial charge in [-0.1, -0.05) is 0 Å². The number of hydrogen-bond acceptors (Lipinski definition) is 3. The first-order chi connectivity index (χ1) is 8.99. The van der Waals surface area contributed by atoms with Gasteiger partial charge in [0.2, 0.25) is 5.91 Å². The highest BCUT2D eigenvalue weighted by Gasteiger charge is 2.13. The summed E-state index contributed by atoms with van der Waals surface area (Å²) < 4.78 is 13.2. The number of carbonyl (C=O) groups is 2. The van der Waals surface area contributed by atoms with E-state index in [1.54, 1.807) is 4.90 Å². The van der Waals surface area contributed by atoms with Gasteiger partial charge in [0.15, 0.2) is 0 Å². The molecule has 0 aliphatic carbocycles. The average molecular weight is 285 g/mol. The van der Waals surface area contributed by atoms with Crippen LogP contribution in [0, 0.1) is 5.82 Å². The molecule has 0 aliphatic rings. The van der Waals surface area contributed by atoms with Crippen molar-refractivity contribution in [3.63, 3.8) is 0 Å². The molecule has 4 nitrogen and oxygen atoms in total. The zero-order valence-corrected chi connectivity index (χ0v) is 11.7. The molecule has 0 spiro atoms. The quantitative estimate of drug-likeness (QED) is 0.816. The maximum Gasteiger partial charge on any atom is 0.338 e. The minimum Gasteiger partial charge on any atom is -0.478 e. The summed E-state index contributed by atoms with van der Waals surface area (Å²) in [6.07, 6.45) is 0. The molecule has 0 radical (unpaired) electrons. The third-order valence-electron chi connectivity index (χ3n) is 2.65. The first kappa shape index (κ1) is 15.5. The fraction of sp³-hybridized carbons (Fsp3) is 0.385. The van der Waals surface area contributed by atoms with E-state index in [1.165, 1.54) is 23.9 Å². The van der Waals surface area contributed by atoms with Crippen LogP contribution in [-0.2, 0) is 4.79 Å². The lowest BCUT2D eigenvalue weighted by Gasteiger charge is -2.18. The topological polar surface area (TPSA) is 57.6 Å². The molecule has 1 N–H and O–H groups in total. The van der Waals surface area contributed by atoms with Gasteiger partial charge >= 0.3 is 5.97 Å². The van der Waals surface area contributed by atoms with Crippen LogP contribution in [0.5, 0.6) is 0 Å². The Morgan fingerprint density at radius 1 is 1.32 bits per heavy atom. The van der Waals surface area contributed by atoms with Crippen LogP contribution in [0.4, 0.5) is 4.39 Å². The lowest BCUT2D eigenvalue weighted by atomic mass is 10.2. The summed E-state index contributed by atoms with van der Waals surface area (Å²) >= 11 is 1.21. The van der Waals surface area contributed by atoms with Crippen molar-refractivity contribution < 1.29 is 19.1 Å². The average Bonchev–Trinajstić information content (AvgIpc) is 2.38. The van der Waals surface area contributed by atoms with E-state index in [-0.39, 0.29) is 17.2 Å². The highest BCUT2D eigenvalue weighted by atomic mass is 32.2. The Labute approximate surface area is 115 Å². The van der Waals surface area contributed by atoms with Crippen LogP contribution < -0.4 is 0 Å². The fourth-order valence-corrected chi connectivity index (χ4v) is 2.41. The molecule has 0 saturated heterocycles. The number of hydrogen-bond donors (Lipinski definition) is 1. The van der Waals surface area contributed by atoms with Gasteiger partial charge in [0, 0.05) is 18.0 Å². The number of amides is 1. The first-order valence-corrected chi connectivity index (χ1v) is 6.91. The van der Waals surface area contributed by atoms with Crippen LogP contribution >= 0.6 is 11.8 Å². The van der Waals surface area contributed by atoms with Crippen molar-refractivity contribution in [1.29, 1.82) is 0 Å². The van der Waals surface area contributed by atoms with Crippen LogP contribution in [0.15, 0.2) is 23.1 Å². The van der Waals surface area contributed by atoms with Gasteiger partial charge in [0.25, 0.3) is 0 Å². The predicted octanol–water partition coefficient (Wildman–Crippen LogP) is 2.48. The largest absolute Gasteiger partial charge is 0.478 e. The summed E-state index contributed by atoms with van der Waals surface area (Å²) in [6, 6.07) is 3.83. The molecule has 6 heteroatoms. The van der Waals surface area contributed by atoms with E-state index in [2.05, 4.69) is 0 Å². The van der Waals surface area contributed by atoms with E-state index in [0.29, 0.717) is 18.0 Å². The normalized spacial score (nSPS) is 10.3. The fourth-order valence-electron chi connectivity index (χ4n) is 1.57. The number of thioether (sulfide) groups is 1. The van der Waals surface area contributed by atoms with Gasteiger partial charge in [-0.15, -0.1) is 11.8 Å². The molecular weight excluding hydrogens is 269 g/mol. The number of carboxylic acids is 1. The van der Waals surface area contributed by atoms with Crippen molar-refractivity contribution in [2.45, 2.75) is 18.7 Å². The van der Waals surface area contributed by atoms with Crippen LogP contribution in [0.25, 0.3) is 0 Å². The second-order valence-electron chi connectivity index (χ2n) is 3.80. The van der Waals surface area contributed by atoms with Gasteiger partial charge in [-0.25, -0.2) is 9.18 Å². The molecule has 0 heterocycles. The number of aromatic carboxylic acids is 1. The van der Waals surface area contributed by atoms with Crippen molar-refractivity contribution in [3.05, 3.63) is 29.6 Å². The maximum absolute atomic E-state index is 13.2. The van der Waals surface area contributed by atoms with Gasteiger partial charge in [-0.3, -0.25) is 4.79 Å². The van der Waals surface area contributed by atoms with Gasteiger partial charge in [-0.05, 0) is 32.0 Å². The lowest BCUT2D eigenvalue weighted by Crippen LogP contribution is -2.31. The Kier molecular flexibility index (Phi) is 5.82.